The number of hydrogen-bond donors (Lipinski definition) is 3. The molecule has 0 aromatic heterocycles. The zero-order valence-corrected chi connectivity index (χ0v) is 15.5. The minimum Gasteiger partial charge on any atom is -0.466 e. The third kappa shape index (κ3) is 4.55. The Bertz CT molecular complexity index is 582. The van der Waals surface area contributed by atoms with Crippen molar-refractivity contribution in [1.29, 1.82) is 0 Å². The van der Waals surface area contributed by atoms with Crippen LogP contribution in [-0.2, 0) is 9.53 Å². The van der Waals surface area contributed by atoms with E-state index < -0.39 is 5.66 Å². The second-order valence-corrected chi connectivity index (χ2v) is 6.35. The number of aliphatic imine (C=N–C) groups is 2. The molecular weight excluding hydrogens is 338 g/mol. The van der Waals surface area contributed by atoms with Crippen molar-refractivity contribution >= 4 is 23.9 Å². The fraction of sp³-hybridized carbons (Fsp3) is 0.750. The Hall–Kier alpha value is -2.52. The van der Waals surface area contributed by atoms with Gasteiger partial charge in [0.05, 0.1) is 13.0 Å². The molecule has 26 heavy (non-hydrogen) atoms. The maximum absolute atomic E-state index is 12.3. The van der Waals surface area contributed by atoms with Gasteiger partial charge in [0.1, 0.15) is 5.66 Å². The van der Waals surface area contributed by atoms with Crippen LogP contribution in [0.4, 0.5) is 4.79 Å². The number of urea groups is 1. The topological polar surface area (TPSA) is 139 Å². The van der Waals surface area contributed by atoms with Gasteiger partial charge in [-0.3, -0.25) is 4.79 Å². The summed E-state index contributed by atoms with van der Waals surface area (Å²) >= 11 is 0. The molecule has 0 saturated carbocycles. The predicted molar refractivity (Wildman–Crippen MR) is 98.4 cm³/mol. The van der Waals surface area contributed by atoms with Crippen LogP contribution in [0, 0.1) is 0 Å². The van der Waals surface area contributed by atoms with E-state index in [-0.39, 0.29) is 30.9 Å². The molecule has 2 aliphatic rings. The van der Waals surface area contributed by atoms with E-state index in [1.807, 2.05) is 4.90 Å². The van der Waals surface area contributed by atoms with Gasteiger partial charge in [-0.1, -0.05) is 6.92 Å². The number of guanidine groups is 2. The van der Waals surface area contributed by atoms with E-state index in [2.05, 4.69) is 22.2 Å². The van der Waals surface area contributed by atoms with Crippen molar-refractivity contribution in [3.05, 3.63) is 0 Å². The molecule has 0 bridgehead atoms. The van der Waals surface area contributed by atoms with Gasteiger partial charge in [-0.25, -0.2) is 9.79 Å². The summed E-state index contributed by atoms with van der Waals surface area (Å²) in [5.74, 6) is 0.247. The third-order valence-electron chi connectivity index (χ3n) is 4.54. The minimum absolute atomic E-state index is 0.162. The first-order valence-corrected chi connectivity index (χ1v) is 9.07. The maximum atomic E-state index is 12.3. The molecule has 0 radical (unpaired) electrons. The number of piperidine rings is 1. The van der Waals surface area contributed by atoms with Crippen molar-refractivity contribution in [3.8, 4) is 0 Å². The highest BCUT2D eigenvalue weighted by Crippen LogP contribution is 2.32. The lowest BCUT2D eigenvalue weighted by Gasteiger charge is -2.47. The van der Waals surface area contributed by atoms with Crippen LogP contribution in [0.1, 0.15) is 39.5 Å². The zero-order valence-electron chi connectivity index (χ0n) is 15.5. The molecule has 2 amide bonds. The first-order valence-electron chi connectivity index (χ1n) is 9.07. The molecule has 0 aliphatic carbocycles. The van der Waals surface area contributed by atoms with Gasteiger partial charge in [0.25, 0.3) is 0 Å². The fourth-order valence-corrected chi connectivity index (χ4v) is 3.30. The van der Waals surface area contributed by atoms with Crippen LogP contribution >= 0.6 is 0 Å². The largest absolute Gasteiger partial charge is 0.466 e. The summed E-state index contributed by atoms with van der Waals surface area (Å²) in [5.41, 5.74) is 11.3. The summed E-state index contributed by atoms with van der Waals surface area (Å²) in [6.07, 6.45) is 2.31. The van der Waals surface area contributed by atoms with E-state index >= 15 is 0 Å². The molecule has 1 spiro atoms. The number of nitrogens with two attached hydrogens (primary N) is 2. The Labute approximate surface area is 153 Å². The number of hydrogen-bond acceptors (Lipinski definition) is 8. The summed E-state index contributed by atoms with van der Waals surface area (Å²) in [6.45, 7) is 6.19. The standard InChI is InChI=1S/C16H29N7O3/c1-3-9-23-14(18)20-13(17)21-16(23)6-10-22(11-7-16)15(25)19-8-5-12(24)26-4-2/h3-11H2,1-2H3,(H,19,25)(H4,17,18,20,21). The fourth-order valence-electron chi connectivity index (χ4n) is 3.30. The van der Waals surface area contributed by atoms with Gasteiger partial charge >= 0.3 is 12.0 Å². The summed E-state index contributed by atoms with van der Waals surface area (Å²) in [6, 6.07) is -0.194. The van der Waals surface area contributed by atoms with Crippen molar-refractivity contribution in [2.75, 3.05) is 32.8 Å². The van der Waals surface area contributed by atoms with Gasteiger partial charge < -0.3 is 31.3 Å². The molecule has 10 heteroatoms. The molecule has 1 fully saturated rings. The second-order valence-electron chi connectivity index (χ2n) is 6.35. The van der Waals surface area contributed by atoms with E-state index in [9.17, 15) is 9.59 Å². The Morgan fingerprint density at radius 1 is 1.27 bits per heavy atom. The SMILES string of the molecule is CCCN1C(N)=NC(N)=NC12CCN(C(=O)NCCC(=O)OCC)CC2. The number of esters is 1. The van der Waals surface area contributed by atoms with E-state index in [1.54, 1.807) is 11.8 Å². The highest BCUT2D eigenvalue weighted by Gasteiger charge is 2.43. The zero-order chi connectivity index (χ0) is 19.2. The van der Waals surface area contributed by atoms with Gasteiger partial charge in [-0.05, 0) is 13.3 Å². The summed E-state index contributed by atoms with van der Waals surface area (Å²) in [7, 11) is 0. The lowest BCUT2D eigenvalue weighted by molar-refractivity contribution is -0.142. The summed E-state index contributed by atoms with van der Waals surface area (Å²) in [5, 5.41) is 2.75. The van der Waals surface area contributed by atoms with Gasteiger partial charge in [0.2, 0.25) is 11.9 Å². The summed E-state index contributed by atoms with van der Waals surface area (Å²) in [4.78, 5) is 35.9. The number of carbonyl (C=O) groups is 2. The van der Waals surface area contributed by atoms with E-state index in [0.29, 0.717) is 38.5 Å². The number of likely N-dealkylation sites (tertiary alicyclic amines) is 1. The van der Waals surface area contributed by atoms with Gasteiger partial charge in [-0.2, -0.15) is 4.99 Å². The number of amides is 2. The molecule has 2 aliphatic heterocycles. The summed E-state index contributed by atoms with van der Waals surface area (Å²) < 4.78 is 4.84. The van der Waals surface area contributed by atoms with Crippen LogP contribution in [0.5, 0.6) is 0 Å². The maximum Gasteiger partial charge on any atom is 0.317 e. The number of rotatable bonds is 6. The first kappa shape index (κ1) is 19.8. The van der Waals surface area contributed by atoms with Crippen molar-refractivity contribution in [3.63, 3.8) is 0 Å². The number of nitrogens with zero attached hydrogens (tertiary/aromatic N) is 4. The molecule has 0 aromatic rings. The van der Waals surface area contributed by atoms with Crippen LogP contribution in [0.3, 0.4) is 0 Å². The van der Waals surface area contributed by atoms with Crippen molar-refractivity contribution in [2.24, 2.45) is 21.5 Å². The van der Waals surface area contributed by atoms with Gasteiger partial charge in [0, 0.05) is 39.0 Å². The Balaban J connectivity index is 1.90. The minimum atomic E-state index is -0.534. The highest BCUT2D eigenvalue weighted by atomic mass is 16.5. The van der Waals surface area contributed by atoms with Gasteiger partial charge in [-0.15, -0.1) is 0 Å². The van der Waals surface area contributed by atoms with Crippen LogP contribution in [0.25, 0.3) is 0 Å². The molecule has 146 valence electrons. The van der Waals surface area contributed by atoms with E-state index in [1.165, 1.54) is 0 Å². The van der Waals surface area contributed by atoms with Crippen molar-refractivity contribution in [2.45, 2.75) is 45.2 Å². The number of nitrogens with one attached hydrogen (secondary N) is 1. The van der Waals surface area contributed by atoms with E-state index in [4.69, 9.17) is 16.2 Å². The lowest BCUT2D eigenvalue weighted by Crippen LogP contribution is -2.62. The molecule has 0 unspecified atom stereocenters. The van der Waals surface area contributed by atoms with Crippen molar-refractivity contribution in [1.82, 2.24) is 15.1 Å². The average Bonchev–Trinajstić information content (AvgIpc) is 2.59. The Kier molecular flexibility index (Phi) is 6.64. The molecule has 5 N–H and O–H groups in total. The smallest absolute Gasteiger partial charge is 0.317 e. The molecule has 2 rings (SSSR count). The van der Waals surface area contributed by atoms with Crippen molar-refractivity contribution < 1.29 is 14.3 Å². The Morgan fingerprint density at radius 2 is 1.96 bits per heavy atom. The third-order valence-corrected chi connectivity index (χ3v) is 4.54. The molecule has 2 heterocycles. The van der Waals surface area contributed by atoms with Crippen LogP contribution < -0.4 is 16.8 Å². The average molecular weight is 367 g/mol. The van der Waals surface area contributed by atoms with Gasteiger partial charge in [0.15, 0.2) is 0 Å². The van der Waals surface area contributed by atoms with E-state index in [0.717, 1.165) is 13.0 Å². The monoisotopic (exact) mass is 367 g/mol. The quantitative estimate of drug-likeness (QED) is 0.556. The molecule has 0 aromatic carbocycles. The molecule has 0 atom stereocenters. The number of carbonyl (C=O) groups excluding carboxylic acids is 2. The normalized spacial score (nSPS) is 19.0. The second kappa shape index (κ2) is 8.72. The van der Waals surface area contributed by atoms with Crippen LogP contribution in [-0.4, -0.2) is 72.2 Å². The Morgan fingerprint density at radius 3 is 2.58 bits per heavy atom. The molecular formula is C16H29N7O3. The first-order chi connectivity index (χ1) is 12.4. The van der Waals surface area contributed by atoms with Crippen LogP contribution in [0.15, 0.2) is 9.98 Å². The molecule has 1 saturated heterocycles. The molecule has 10 nitrogen and oxygen atoms in total. The lowest BCUT2D eigenvalue weighted by atomic mass is 9.94. The highest BCUT2D eigenvalue weighted by molar-refractivity contribution is 5.95. The predicted octanol–water partition coefficient (Wildman–Crippen LogP) is -0.204. The van der Waals surface area contributed by atoms with Crippen LogP contribution in [0.2, 0.25) is 0 Å². The number of ether oxygens (including phenoxy) is 1.